The Balaban J connectivity index is 2.63. The van der Waals surface area contributed by atoms with Crippen molar-refractivity contribution in [3.05, 3.63) is 12.2 Å². The van der Waals surface area contributed by atoms with Crippen LogP contribution in [0.4, 0.5) is 0 Å². The molecular formula is C11H21N3. The Bertz CT molecular complexity index is 270. The first-order valence-corrected chi connectivity index (χ1v) is 5.45. The molecule has 1 rings (SSSR count). The summed E-state index contributed by atoms with van der Waals surface area (Å²) in [6.07, 6.45) is 6.62. The average molecular weight is 195 g/mol. The maximum atomic E-state index is 4.17. The first-order chi connectivity index (χ1) is 6.55. The van der Waals surface area contributed by atoms with Gasteiger partial charge in [0.2, 0.25) is 0 Å². The molecule has 0 aliphatic heterocycles. The van der Waals surface area contributed by atoms with E-state index in [0.29, 0.717) is 0 Å². The molecule has 0 fully saturated rings. The summed E-state index contributed by atoms with van der Waals surface area (Å²) in [5.74, 6) is 1.12. The van der Waals surface area contributed by atoms with Crippen LogP contribution in [0.3, 0.4) is 0 Å². The van der Waals surface area contributed by atoms with Gasteiger partial charge in [-0.15, -0.1) is 10.2 Å². The zero-order chi connectivity index (χ0) is 10.6. The maximum absolute atomic E-state index is 4.17. The fraction of sp³-hybridized carbons (Fsp3) is 0.818. The second-order valence-corrected chi connectivity index (χ2v) is 4.75. The molecule has 3 nitrogen and oxygen atoms in total. The van der Waals surface area contributed by atoms with E-state index in [9.17, 15) is 0 Å². The second-order valence-electron chi connectivity index (χ2n) is 4.75. The highest BCUT2D eigenvalue weighted by molar-refractivity contribution is 4.92. The summed E-state index contributed by atoms with van der Waals surface area (Å²) in [7, 11) is 0. The maximum Gasteiger partial charge on any atom is 0.133 e. The number of nitrogens with zero attached hydrogens (tertiary/aromatic N) is 3. The Kier molecular flexibility index (Phi) is 3.67. The molecule has 1 aromatic heterocycles. The third kappa shape index (κ3) is 2.82. The van der Waals surface area contributed by atoms with Crippen molar-refractivity contribution in [1.29, 1.82) is 0 Å². The van der Waals surface area contributed by atoms with Crippen molar-refractivity contribution < 1.29 is 0 Å². The minimum Gasteiger partial charge on any atom is -0.312 e. The van der Waals surface area contributed by atoms with E-state index in [0.717, 1.165) is 12.2 Å². The molecule has 0 radical (unpaired) electrons. The molecule has 3 heteroatoms. The zero-order valence-electron chi connectivity index (χ0n) is 9.75. The van der Waals surface area contributed by atoms with Gasteiger partial charge < -0.3 is 4.57 Å². The van der Waals surface area contributed by atoms with E-state index in [-0.39, 0.29) is 5.54 Å². The lowest BCUT2D eigenvalue weighted by Gasteiger charge is -2.22. The normalized spacial score (nSPS) is 12.0. The molecule has 80 valence electrons. The quantitative estimate of drug-likeness (QED) is 0.692. The predicted molar refractivity (Wildman–Crippen MR) is 58.2 cm³/mol. The summed E-state index contributed by atoms with van der Waals surface area (Å²) in [5.41, 5.74) is 0.102. The van der Waals surface area contributed by atoms with E-state index >= 15 is 0 Å². The van der Waals surface area contributed by atoms with Crippen LogP contribution in [0.25, 0.3) is 0 Å². The second kappa shape index (κ2) is 4.58. The standard InChI is InChI=1S/C11H21N3/c1-5-6-7-8-10-13-12-9-14(10)11(2,3)4/h9H,5-8H2,1-4H3. The van der Waals surface area contributed by atoms with E-state index < -0.39 is 0 Å². The largest absolute Gasteiger partial charge is 0.312 e. The van der Waals surface area contributed by atoms with Crippen LogP contribution in [0.1, 0.15) is 52.8 Å². The molecule has 0 unspecified atom stereocenters. The molecule has 0 aromatic carbocycles. The summed E-state index contributed by atoms with van der Waals surface area (Å²) < 4.78 is 2.17. The smallest absolute Gasteiger partial charge is 0.133 e. The van der Waals surface area contributed by atoms with Gasteiger partial charge in [0.1, 0.15) is 12.2 Å². The number of hydrogen-bond acceptors (Lipinski definition) is 2. The van der Waals surface area contributed by atoms with Crippen molar-refractivity contribution >= 4 is 0 Å². The van der Waals surface area contributed by atoms with E-state index in [1.807, 2.05) is 6.33 Å². The molecule has 14 heavy (non-hydrogen) atoms. The lowest BCUT2D eigenvalue weighted by Crippen LogP contribution is -2.23. The van der Waals surface area contributed by atoms with Crippen molar-refractivity contribution in [3.8, 4) is 0 Å². The van der Waals surface area contributed by atoms with Gasteiger partial charge in [-0.05, 0) is 27.2 Å². The molecule has 1 heterocycles. The van der Waals surface area contributed by atoms with Gasteiger partial charge in [0.25, 0.3) is 0 Å². The highest BCUT2D eigenvalue weighted by atomic mass is 15.3. The molecule has 0 saturated heterocycles. The lowest BCUT2D eigenvalue weighted by molar-refractivity contribution is 0.379. The van der Waals surface area contributed by atoms with E-state index in [1.54, 1.807) is 0 Å². The topological polar surface area (TPSA) is 30.7 Å². The van der Waals surface area contributed by atoms with Crippen LogP contribution in [0, 0.1) is 0 Å². The summed E-state index contributed by atoms with van der Waals surface area (Å²) in [5, 5.41) is 8.15. The minimum absolute atomic E-state index is 0.102. The molecular weight excluding hydrogens is 174 g/mol. The third-order valence-electron chi connectivity index (χ3n) is 2.35. The van der Waals surface area contributed by atoms with Crippen LogP contribution < -0.4 is 0 Å². The van der Waals surface area contributed by atoms with Crippen molar-refractivity contribution in [2.45, 2.75) is 58.9 Å². The van der Waals surface area contributed by atoms with E-state index in [2.05, 4.69) is 42.5 Å². The Hall–Kier alpha value is -0.860. The predicted octanol–water partition coefficient (Wildman–Crippen LogP) is 2.77. The Morgan fingerprint density at radius 3 is 2.57 bits per heavy atom. The number of aromatic nitrogens is 3. The lowest BCUT2D eigenvalue weighted by atomic mass is 10.1. The van der Waals surface area contributed by atoms with Crippen LogP contribution in [0.5, 0.6) is 0 Å². The summed E-state index contributed by atoms with van der Waals surface area (Å²) in [6.45, 7) is 8.76. The number of aryl methyl sites for hydroxylation is 1. The van der Waals surface area contributed by atoms with Crippen LogP contribution >= 0.6 is 0 Å². The van der Waals surface area contributed by atoms with Gasteiger partial charge in [0.05, 0.1) is 0 Å². The summed E-state index contributed by atoms with van der Waals surface area (Å²) in [6, 6.07) is 0. The van der Waals surface area contributed by atoms with Gasteiger partial charge in [-0.2, -0.15) is 0 Å². The van der Waals surface area contributed by atoms with E-state index in [1.165, 1.54) is 19.3 Å². The highest BCUT2D eigenvalue weighted by Gasteiger charge is 2.16. The molecule has 0 N–H and O–H groups in total. The minimum atomic E-state index is 0.102. The van der Waals surface area contributed by atoms with Crippen LogP contribution in [0.2, 0.25) is 0 Å². The Morgan fingerprint density at radius 1 is 1.29 bits per heavy atom. The SMILES string of the molecule is CCCCCc1nncn1C(C)(C)C. The first-order valence-electron chi connectivity index (χ1n) is 5.45. The van der Waals surface area contributed by atoms with Crippen LogP contribution in [-0.4, -0.2) is 14.8 Å². The van der Waals surface area contributed by atoms with Gasteiger partial charge >= 0.3 is 0 Å². The van der Waals surface area contributed by atoms with Crippen molar-refractivity contribution in [2.75, 3.05) is 0 Å². The Labute approximate surface area is 86.5 Å². The van der Waals surface area contributed by atoms with E-state index in [4.69, 9.17) is 0 Å². The van der Waals surface area contributed by atoms with Gasteiger partial charge in [-0.25, -0.2) is 0 Å². The molecule has 1 aromatic rings. The summed E-state index contributed by atoms with van der Waals surface area (Å²) >= 11 is 0. The molecule has 0 bridgehead atoms. The van der Waals surface area contributed by atoms with Gasteiger partial charge in [-0.3, -0.25) is 0 Å². The fourth-order valence-electron chi connectivity index (χ4n) is 1.52. The Morgan fingerprint density at radius 2 is 2.00 bits per heavy atom. The summed E-state index contributed by atoms with van der Waals surface area (Å²) in [4.78, 5) is 0. The third-order valence-corrected chi connectivity index (χ3v) is 2.35. The molecule has 0 spiro atoms. The van der Waals surface area contributed by atoms with Crippen LogP contribution in [-0.2, 0) is 12.0 Å². The number of unbranched alkanes of at least 4 members (excludes halogenated alkanes) is 2. The van der Waals surface area contributed by atoms with Crippen molar-refractivity contribution in [2.24, 2.45) is 0 Å². The van der Waals surface area contributed by atoms with Crippen molar-refractivity contribution in [1.82, 2.24) is 14.8 Å². The first kappa shape index (κ1) is 11.2. The molecule has 0 atom stereocenters. The average Bonchev–Trinajstić information content (AvgIpc) is 2.52. The monoisotopic (exact) mass is 195 g/mol. The fourth-order valence-corrected chi connectivity index (χ4v) is 1.52. The van der Waals surface area contributed by atoms with Crippen molar-refractivity contribution in [3.63, 3.8) is 0 Å². The van der Waals surface area contributed by atoms with Crippen LogP contribution in [0.15, 0.2) is 6.33 Å². The molecule has 0 amide bonds. The zero-order valence-corrected chi connectivity index (χ0v) is 9.75. The van der Waals surface area contributed by atoms with Gasteiger partial charge in [-0.1, -0.05) is 19.8 Å². The highest BCUT2D eigenvalue weighted by Crippen LogP contribution is 2.16. The molecule has 0 saturated carbocycles. The molecule has 0 aliphatic carbocycles. The van der Waals surface area contributed by atoms with Gasteiger partial charge in [0.15, 0.2) is 0 Å². The molecule has 0 aliphatic rings. The number of hydrogen-bond donors (Lipinski definition) is 0. The number of rotatable bonds is 4. The van der Waals surface area contributed by atoms with Gasteiger partial charge in [0, 0.05) is 12.0 Å².